The molecule has 0 spiro atoms. The van der Waals surface area contributed by atoms with Crippen molar-refractivity contribution in [1.82, 2.24) is 4.98 Å². The maximum Gasteiger partial charge on any atom is 0.328 e. The van der Waals surface area contributed by atoms with Crippen LogP contribution in [0.5, 0.6) is 0 Å². The summed E-state index contributed by atoms with van der Waals surface area (Å²) in [4.78, 5) is 26.4. The Labute approximate surface area is 125 Å². The van der Waals surface area contributed by atoms with Crippen molar-refractivity contribution in [2.24, 2.45) is 0 Å². The zero-order valence-corrected chi connectivity index (χ0v) is 11.7. The number of amides is 1. The van der Waals surface area contributed by atoms with Gasteiger partial charge in [0, 0.05) is 16.7 Å². The monoisotopic (exact) mass is 306 g/mol. The molecule has 7 heteroatoms. The van der Waals surface area contributed by atoms with Gasteiger partial charge < -0.3 is 9.52 Å². The number of aryl methyl sites for hydroxylation is 1. The summed E-state index contributed by atoms with van der Waals surface area (Å²) in [5.74, 6) is -1.50. The van der Waals surface area contributed by atoms with E-state index >= 15 is 0 Å². The van der Waals surface area contributed by atoms with Crippen LogP contribution in [0, 0.1) is 6.92 Å². The number of halogens is 1. The second-order valence-electron chi connectivity index (χ2n) is 4.16. The number of carbonyl (C=O) groups excluding carboxylic acids is 1. The van der Waals surface area contributed by atoms with Crippen LogP contribution < -0.4 is 5.32 Å². The fraction of sp³-hybridized carbons (Fsp3) is 0.0714. The van der Waals surface area contributed by atoms with Crippen LogP contribution >= 0.6 is 11.6 Å². The molecule has 1 heterocycles. The third-order valence-electron chi connectivity index (χ3n) is 2.51. The van der Waals surface area contributed by atoms with Crippen molar-refractivity contribution in [2.75, 3.05) is 5.32 Å². The molecule has 0 aliphatic heterocycles. The molecule has 0 radical (unpaired) electrons. The molecule has 0 unspecified atom stereocenters. The normalized spacial score (nSPS) is 10.8. The molecule has 0 aliphatic rings. The zero-order valence-electron chi connectivity index (χ0n) is 11.0. The number of aliphatic carboxylic acids is 1. The predicted octanol–water partition coefficient (Wildman–Crippen LogP) is 2.99. The number of hydrogen-bond acceptors (Lipinski definition) is 4. The van der Waals surface area contributed by atoms with E-state index in [0.717, 1.165) is 6.08 Å². The lowest BCUT2D eigenvalue weighted by Gasteiger charge is -2.03. The van der Waals surface area contributed by atoms with Crippen molar-refractivity contribution < 1.29 is 19.1 Å². The Hall–Kier alpha value is -2.60. The topological polar surface area (TPSA) is 92.4 Å². The molecule has 0 fully saturated rings. The molecule has 1 amide bonds. The third-order valence-corrected chi connectivity index (χ3v) is 2.83. The van der Waals surface area contributed by atoms with Crippen LogP contribution in [0.2, 0.25) is 5.02 Å². The SMILES string of the molecule is Cc1coc(NC(=O)c2ccc(/C=C/C(=O)O)c(Cl)c2)n1. The van der Waals surface area contributed by atoms with Gasteiger partial charge in [-0.1, -0.05) is 17.7 Å². The van der Waals surface area contributed by atoms with E-state index in [-0.39, 0.29) is 11.0 Å². The van der Waals surface area contributed by atoms with Crippen molar-refractivity contribution in [3.8, 4) is 0 Å². The van der Waals surface area contributed by atoms with Gasteiger partial charge in [0.15, 0.2) is 0 Å². The Morgan fingerprint density at radius 1 is 1.43 bits per heavy atom. The maximum atomic E-state index is 12.0. The van der Waals surface area contributed by atoms with Crippen LogP contribution in [0.1, 0.15) is 21.6 Å². The summed E-state index contributed by atoms with van der Waals surface area (Å²) in [7, 11) is 0. The van der Waals surface area contributed by atoms with E-state index in [9.17, 15) is 9.59 Å². The van der Waals surface area contributed by atoms with E-state index in [1.165, 1.54) is 24.5 Å². The zero-order chi connectivity index (χ0) is 15.4. The Bertz CT molecular complexity index is 722. The molecule has 0 saturated heterocycles. The van der Waals surface area contributed by atoms with Gasteiger partial charge in [-0.05, 0) is 30.7 Å². The molecule has 0 bridgehead atoms. The number of anilines is 1. The summed E-state index contributed by atoms with van der Waals surface area (Å²) in [6.45, 7) is 1.74. The molecular weight excluding hydrogens is 296 g/mol. The van der Waals surface area contributed by atoms with E-state index < -0.39 is 11.9 Å². The summed E-state index contributed by atoms with van der Waals surface area (Å²) >= 11 is 6.00. The maximum absolute atomic E-state index is 12.0. The largest absolute Gasteiger partial charge is 0.478 e. The minimum atomic E-state index is -1.08. The van der Waals surface area contributed by atoms with E-state index in [0.29, 0.717) is 16.8 Å². The molecular formula is C14H11ClN2O4. The van der Waals surface area contributed by atoms with Gasteiger partial charge in [0.25, 0.3) is 5.91 Å². The van der Waals surface area contributed by atoms with Crippen molar-refractivity contribution >= 4 is 35.6 Å². The summed E-state index contributed by atoms with van der Waals surface area (Å²) in [6, 6.07) is 4.62. The lowest BCUT2D eigenvalue weighted by molar-refractivity contribution is -0.131. The highest BCUT2D eigenvalue weighted by Gasteiger charge is 2.11. The first kappa shape index (κ1) is 14.8. The third kappa shape index (κ3) is 3.93. The molecule has 2 aromatic rings. The number of oxazole rings is 1. The molecule has 108 valence electrons. The van der Waals surface area contributed by atoms with Gasteiger partial charge in [0.05, 0.1) is 5.69 Å². The molecule has 0 atom stereocenters. The first-order valence-electron chi connectivity index (χ1n) is 5.90. The summed E-state index contributed by atoms with van der Waals surface area (Å²) in [5, 5.41) is 11.3. The lowest BCUT2D eigenvalue weighted by Crippen LogP contribution is -2.12. The molecule has 0 saturated carbocycles. The fourth-order valence-corrected chi connectivity index (χ4v) is 1.79. The summed E-state index contributed by atoms with van der Waals surface area (Å²) in [6.07, 6.45) is 3.74. The Morgan fingerprint density at radius 3 is 2.76 bits per heavy atom. The number of nitrogens with zero attached hydrogens (tertiary/aromatic N) is 1. The van der Waals surface area contributed by atoms with Crippen LogP contribution in [0.3, 0.4) is 0 Å². The van der Waals surface area contributed by atoms with Crippen LogP contribution in [0.25, 0.3) is 6.08 Å². The van der Waals surface area contributed by atoms with Crippen molar-refractivity contribution in [3.05, 3.63) is 52.4 Å². The number of carboxylic acid groups (broad SMARTS) is 1. The van der Waals surface area contributed by atoms with Gasteiger partial charge in [-0.15, -0.1) is 0 Å². The highest BCUT2D eigenvalue weighted by Crippen LogP contribution is 2.20. The van der Waals surface area contributed by atoms with Crippen LogP contribution in [0.15, 0.2) is 35.0 Å². The molecule has 2 rings (SSSR count). The minimum absolute atomic E-state index is 0.100. The highest BCUT2D eigenvalue weighted by molar-refractivity contribution is 6.32. The molecule has 1 aromatic carbocycles. The molecule has 0 aliphatic carbocycles. The number of benzene rings is 1. The standard InChI is InChI=1S/C14H11ClN2O4/c1-8-7-21-14(16-8)17-13(20)10-3-2-9(11(15)6-10)4-5-12(18)19/h2-7H,1H3,(H,18,19)(H,16,17,20)/b5-4+. The van der Waals surface area contributed by atoms with Gasteiger partial charge in [0.2, 0.25) is 0 Å². The van der Waals surface area contributed by atoms with Gasteiger partial charge in [-0.2, -0.15) is 4.98 Å². The minimum Gasteiger partial charge on any atom is -0.478 e. The van der Waals surface area contributed by atoms with Crippen LogP contribution in [0.4, 0.5) is 6.01 Å². The average molecular weight is 307 g/mol. The number of carboxylic acids is 1. The first-order valence-corrected chi connectivity index (χ1v) is 6.27. The van der Waals surface area contributed by atoms with E-state index in [4.69, 9.17) is 21.1 Å². The van der Waals surface area contributed by atoms with Crippen molar-refractivity contribution in [1.29, 1.82) is 0 Å². The molecule has 2 N–H and O–H groups in total. The Balaban J connectivity index is 2.15. The molecule has 1 aromatic heterocycles. The lowest BCUT2D eigenvalue weighted by atomic mass is 10.1. The van der Waals surface area contributed by atoms with Crippen LogP contribution in [-0.2, 0) is 4.79 Å². The van der Waals surface area contributed by atoms with E-state index in [1.807, 2.05) is 0 Å². The highest BCUT2D eigenvalue weighted by atomic mass is 35.5. The predicted molar refractivity (Wildman–Crippen MR) is 77.3 cm³/mol. The van der Waals surface area contributed by atoms with Gasteiger partial charge in [-0.3, -0.25) is 10.1 Å². The fourth-order valence-electron chi connectivity index (χ4n) is 1.55. The van der Waals surface area contributed by atoms with Gasteiger partial charge in [0.1, 0.15) is 6.26 Å². The quantitative estimate of drug-likeness (QED) is 0.847. The Kier molecular flexibility index (Phi) is 4.39. The van der Waals surface area contributed by atoms with Crippen LogP contribution in [-0.4, -0.2) is 22.0 Å². The number of aromatic nitrogens is 1. The second kappa shape index (κ2) is 6.23. The van der Waals surface area contributed by atoms with Crippen molar-refractivity contribution in [3.63, 3.8) is 0 Å². The first-order chi connectivity index (χ1) is 9.95. The summed E-state index contributed by atoms with van der Waals surface area (Å²) in [5.41, 5.74) is 1.46. The average Bonchev–Trinajstić information content (AvgIpc) is 2.82. The van der Waals surface area contributed by atoms with E-state index in [2.05, 4.69) is 10.3 Å². The summed E-state index contributed by atoms with van der Waals surface area (Å²) < 4.78 is 5.02. The van der Waals surface area contributed by atoms with Crippen molar-refractivity contribution in [2.45, 2.75) is 6.92 Å². The smallest absolute Gasteiger partial charge is 0.328 e. The molecule has 6 nitrogen and oxygen atoms in total. The number of hydrogen-bond donors (Lipinski definition) is 2. The molecule has 21 heavy (non-hydrogen) atoms. The Morgan fingerprint density at radius 2 is 2.19 bits per heavy atom. The second-order valence-corrected chi connectivity index (χ2v) is 4.56. The number of carbonyl (C=O) groups is 2. The van der Waals surface area contributed by atoms with Gasteiger partial charge >= 0.3 is 12.0 Å². The van der Waals surface area contributed by atoms with Gasteiger partial charge in [-0.25, -0.2) is 4.79 Å². The van der Waals surface area contributed by atoms with E-state index in [1.54, 1.807) is 13.0 Å². The number of rotatable bonds is 4. The number of nitrogens with one attached hydrogen (secondary N) is 1.